The maximum atomic E-state index is 12.1. The van der Waals surface area contributed by atoms with Gasteiger partial charge in [0.1, 0.15) is 0 Å². The van der Waals surface area contributed by atoms with Gasteiger partial charge in [0.05, 0.1) is 17.7 Å². The second-order valence-corrected chi connectivity index (χ2v) is 6.59. The number of fused-ring (bicyclic) bond motifs is 1. The highest BCUT2D eigenvalue weighted by atomic mass is 16.5. The molecule has 2 aromatic rings. The summed E-state index contributed by atoms with van der Waals surface area (Å²) in [5.74, 6) is -0.333. The van der Waals surface area contributed by atoms with Gasteiger partial charge in [-0.1, -0.05) is 51.9 Å². The molecular weight excluding hydrogens is 314 g/mol. The third-order valence-corrected chi connectivity index (χ3v) is 4.50. The summed E-state index contributed by atoms with van der Waals surface area (Å²) in [6, 6.07) is 7.14. The summed E-state index contributed by atoms with van der Waals surface area (Å²) in [6.07, 6.45) is 11.5. The molecule has 0 radical (unpaired) electrons. The zero-order chi connectivity index (χ0) is 18.1. The van der Waals surface area contributed by atoms with Crippen molar-refractivity contribution in [1.29, 1.82) is 0 Å². The van der Waals surface area contributed by atoms with Gasteiger partial charge in [-0.05, 0) is 30.7 Å². The fourth-order valence-corrected chi connectivity index (χ4v) is 3.03. The molecule has 0 aliphatic heterocycles. The zero-order valence-electron chi connectivity index (χ0n) is 15.4. The Bertz CT molecular complexity index is 702. The molecular formula is C21H29NO3. The molecule has 1 aromatic carbocycles. The molecule has 4 nitrogen and oxygen atoms in total. The summed E-state index contributed by atoms with van der Waals surface area (Å²) in [5.41, 5.74) is 1.35. The topological polar surface area (TPSA) is 48.3 Å². The summed E-state index contributed by atoms with van der Waals surface area (Å²) in [4.78, 5) is 23.7. The fraction of sp³-hybridized carbons (Fsp3) is 0.524. The number of aromatic nitrogens is 1. The van der Waals surface area contributed by atoms with Gasteiger partial charge in [-0.2, -0.15) is 0 Å². The van der Waals surface area contributed by atoms with Gasteiger partial charge in [0.15, 0.2) is 0 Å². The van der Waals surface area contributed by atoms with Crippen molar-refractivity contribution in [3.63, 3.8) is 0 Å². The van der Waals surface area contributed by atoms with Crippen LogP contribution in [0.2, 0.25) is 0 Å². The van der Waals surface area contributed by atoms with Crippen molar-refractivity contribution in [2.24, 2.45) is 0 Å². The standard InChI is InChI=1S/C21H29NO3/c1-3-4-5-6-7-8-9-10-15-25-21(24)19-11-12-20-18(16-19)13-14-22(20)17(2)23/h11-14,16H,3-10,15H2,1-2H3. The molecule has 0 unspecified atom stereocenters. The number of carbonyl (C=O) groups is 2. The van der Waals surface area contributed by atoms with E-state index in [2.05, 4.69) is 6.92 Å². The van der Waals surface area contributed by atoms with Crippen LogP contribution >= 0.6 is 0 Å². The van der Waals surface area contributed by atoms with Crippen LogP contribution in [0.5, 0.6) is 0 Å². The van der Waals surface area contributed by atoms with Gasteiger partial charge in [0, 0.05) is 18.5 Å². The predicted octanol–water partition coefficient (Wildman–Crippen LogP) is 5.60. The Morgan fingerprint density at radius 1 is 0.960 bits per heavy atom. The largest absolute Gasteiger partial charge is 0.462 e. The van der Waals surface area contributed by atoms with Crippen molar-refractivity contribution in [3.05, 3.63) is 36.0 Å². The van der Waals surface area contributed by atoms with E-state index >= 15 is 0 Å². The maximum absolute atomic E-state index is 12.1. The first kappa shape index (κ1) is 19.2. The van der Waals surface area contributed by atoms with Crippen molar-refractivity contribution < 1.29 is 14.3 Å². The SMILES string of the molecule is CCCCCCCCCCOC(=O)c1ccc2c(ccn2C(C)=O)c1. The smallest absolute Gasteiger partial charge is 0.338 e. The highest BCUT2D eigenvalue weighted by Crippen LogP contribution is 2.18. The highest BCUT2D eigenvalue weighted by Gasteiger charge is 2.10. The van der Waals surface area contributed by atoms with Gasteiger partial charge in [-0.3, -0.25) is 9.36 Å². The molecule has 0 spiro atoms. The van der Waals surface area contributed by atoms with Crippen LogP contribution in [0.1, 0.15) is 80.4 Å². The van der Waals surface area contributed by atoms with E-state index in [1.54, 1.807) is 29.0 Å². The molecule has 0 fully saturated rings. The fourth-order valence-electron chi connectivity index (χ4n) is 3.03. The van der Waals surface area contributed by atoms with E-state index in [1.807, 2.05) is 6.07 Å². The average Bonchev–Trinajstić information content (AvgIpc) is 3.03. The van der Waals surface area contributed by atoms with E-state index in [0.29, 0.717) is 12.2 Å². The third-order valence-electron chi connectivity index (χ3n) is 4.50. The van der Waals surface area contributed by atoms with E-state index < -0.39 is 0 Å². The first-order valence-electron chi connectivity index (χ1n) is 9.42. The predicted molar refractivity (Wildman–Crippen MR) is 101 cm³/mol. The molecule has 0 N–H and O–H groups in total. The van der Waals surface area contributed by atoms with Gasteiger partial charge in [-0.25, -0.2) is 4.79 Å². The number of esters is 1. The lowest BCUT2D eigenvalue weighted by molar-refractivity contribution is 0.0497. The molecule has 136 valence electrons. The van der Waals surface area contributed by atoms with Crippen LogP contribution in [0.4, 0.5) is 0 Å². The lowest BCUT2D eigenvalue weighted by Crippen LogP contribution is -2.07. The van der Waals surface area contributed by atoms with Crippen molar-refractivity contribution in [2.45, 2.75) is 65.2 Å². The van der Waals surface area contributed by atoms with Crippen molar-refractivity contribution in [3.8, 4) is 0 Å². The van der Waals surface area contributed by atoms with Gasteiger partial charge in [0.25, 0.3) is 0 Å². The van der Waals surface area contributed by atoms with Crippen LogP contribution in [0.15, 0.2) is 30.5 Å². The highest BCUT2D eigenvalue weighted by molar-refractivity contribution is 5.97. The van der Waals surface area contributed by atoms with Crippen molar-refractivity contribution in [2.75, 3.05) is 6.61 Å². The zero-order valence-corrected chi connectivity index (χ0v) is 15.4. The second-order valence-electron chi connectivity index (χ2n) is 6.59. The minimum atomic E-state index is -0.291. The van der Waals surface area contributed by atoms with Crippen molar-refractivity contribution in [1.82, 2.24) is 4.57 Å². The molecule has 0 bridgehead atoms. The Kier molecular flexibility index (Phi) is 7.71. The third kappa shape index (κ3) is 5.73. The Morgan fingerprint density at radius 2 is 1.64 bits per heavy atom. The summed E-state index contributed by atoms with van der Waals surface area (Å²) in [7, 11) is 0. The minimum absolute atomic E-state index is 0.0416. The van der Waals surface area contributed by atoms with E-state index in [0.717, 1.165) is 23.7 Å². The van der Waals surface area contributed by atoms with E-state index in [1.165, 1.54) is 45.4 Å². The first-order valence-corrected chi connectivity index (χ1v) is 9.42. The summed E-state index contributed by atoms with van der Waals surface area (Å²) in [5, 5.41) is 0.872. The lowest BCUT2D eigenvalue weighted by atomic mass is 10.1. The molecule has 0 aliphatic rings. The van der Waals surface area contributed by atoms with Gasteiger partial charge < -0.3 is 4.74 Å². The van der Waals surface area contributed by atoms with Crippen LogP contribution in [0, 0.1) is 0 Å². The number of ether oxygens (including phenoxy) is 1. The van der Waals surface area contributed by atoms with Gasteiger partial charge in [-0.15, -0.1) is 0 Å². The van der Waals surface area contributed by atoms with Crippen molar-refractivity contribution >= 4 is 22.8 Å². The van der Waals surface area contributed by atoms with Gasteiger partial charge in [0.2, 0.25) is 5.91 Å². The van der Waals surface area contributed by atoms with E-state index in [4.69, 9.17) is 4.74 Å². The molecule has 0 aliphatic carbocycles. The number of unbranched alkanes of at least 4 members (excludes halogenated alkanes) is 7. The summed E-state index contributed by atoms with van der Waals surface area (Å²) >= 11 is 0. The monoisotopic (exact) mass is 343 g/mol. The molecule has 25 heavy (non-hydrogen) atoms. The number of nitrogens with zero attached hydrogens (tertiary/aromatic N) is 1. The number of hydrogen-bond acceptors (Lipinski definition) is 3. The first-order chi connectivity index (χ1) is 12.1. The molecule has 1 heterocycles. The Labute approximate surface area is 150 Å². The van der Waals surface area contributed by atoms with Crippen LogP contribution in [-0.2, 0) is 4.74 Å². The van der Waals surface area contributed by atoms with Crippen LogP contribution in [-0.4, -0.2) is 23.1 Å². The van der Waals surface area contributed by atoms with Gasteiger partial charge >= 0.3 is 5.97 Å². The number of rotatable bonds is 10. The Hall–Kier alpha value is -2.10. The Balaban J connectivity index is 1.72. The minimum Gasteiger partial charge on any atom is -0.462 e. The lowest BCUT2D eigenvalue weighted by Gasteiger charge is -2.06. The molecule has 0 saturated carbocycles. The molecule has 2 rings (SSSR count). The van der Waals surface area contributed by atoms with Crippen LogP contribution < -0.4 is 0 Å². The Morgan fingerprint density at radius 3 is 2.32 bits per heavy atom. The molecule has 1 aromatic heterocycles. The van der Waals surface area contributed by atoms with E-state index in [9.17, 15) is 9.59 Å². The molecule has 0 amide bonds. The van der Waals surface area contributed by atoms with Crippen LogP contribution in [0.25, 0.3) is 10.9 Å². The van der Waals surface area contributed by atoms with E-state index in [-0.39, 0.29) is 11.9 Å². The normalized spacial score (nSPS) is 11.0. The maximum Gasteiger partial charge on any atom is 0.338 e. The number of carbonyl (C=O) groups excluding carboxylic acids is 2. The molecule has 0 atom stereocenters. The summed E-state index contributed by atoms with van der Waals surface area (Å²) < 4.78 is 6.94. The second kappa shape index (κ2) is 10.0. The van der Waals surface area contributed by atoms with Crippen LogP contribution in [0.3, 0.4) is 0 Å². The number of benzene rings is 1. The number of hydrogen-bond donors (Lipinski definition) is 0. The quantitative estimate of drug-likeness (QED) is 0.417. The summed E-state index contributed by atoms with van der Waals surface area (Å²) in [6.45, 7) is 4.22. The average molecular weight is 343 g/mol. The molecule has 4 heteroatoms. The molecule has 0 saturated heterocycles.